The second kappa shape index (κ2) is 13.4. The molecular formula is C22H33F2IN6O. The number of ether oxygens (including phenoxy) is 1. The molecule has 0 saturated carbocycles. The molecular weight excluding hydrogens is 529 g/mol. The van der Waals surface area contributed by atoms with Crippen molar-refractivity contribution in [2.24, 2.45) is 4.99 Å². The average molecular weight is 562 g/mol. The van der Waals surface area contributed by atoms with Gasteiger partial charge >= 0.3 is 6.61 Å². The van der Waals surface area contributed by atoms with Crippen molar-refractivity contribution in [2.45, 2.75) is 51.8 Å². The fraction of sp³-hybridized carbons (Fsp3) is 0.545. The lowest BCUT2D eigenvalue weighted by Gasteiger charge is -2.35. The number of imidazole rings is 1. The van der Waals surface area contributed by atoms with Crippen molar-refractivity contribution < 1.29 is 13.5 Å². The molecule has 178 valence electrons. The van der Waals surface area contributed by atoms with E-state index in [9.17, 15) is 8.78 Å². The van der Waals surface area contributed by atoms with E-state index in [4.69, 9.17) is 0 Å². The number of halogens is 3. The van der Waals surface area contributed by atoms with Crippen molar-refractivity contribution in [3.05, 3.63) is 42.5 Å². The van der Waals surface area contributed by atoms with E-state index in [-0.39, 0.29) is 35.8 Å². The van der Waals surface area contributed by atoms with E-state index < -0.39 is 6.61 Å². The smallest absolute Gasteiger partial charge is 0.387 e. The Labute approximate surface area is 205 Å². The highest BCUT2D eigenvalue weighted by molar-refractivity contribution is 14.0. The lowest BCUT2D eigenvalue weighted by molar-refractivity contribution is -0.0498. The molecule has 1 fully saturated rings. The second-order valence-electron chi connectivity index (χ2n) is 7.68. The quantitative estimate of drug-likeness (QED) is 0.209. The van der Waals surface area contributed by atoms with E-state index in [1.807, 2.05) is 31.5 Å². The van der Waals surface area contributed by atoms with Gasteiger partial charge in [0.05, 0.1) is 0 Å². The maximum Gasteiger partial charge on any atom is 0.387 e. The van der Waals surface area contributed by atoms with E-state index in [0.29, 0.717) is 0 Å². The van der Waals surface area contributed by atoms with Gasteiger partial charge in [-0.2, -0.15) is 8.78 Å². The maximum atomic E-state index is 12.3. The number of anilines is 1. The van der Waals surface area contributed by atoms with Crippen LogP contribution in [-0.2, 0) is 6.54 Å². The van der Waals surface area contributed by atoms with Crippen LogP contribution in [0.25, 0.3) is 0 Å². The third-order valence-corrected chi connectivity index (χ3v) is 5.45. The van der Waals surface area contributed by atoms with Crippen molar-refractivity contribution in [3.8, 4) is 5.75 Å². The van der Waals surface area contributed by atoms with Gasteiger partial charge in [0.1, 0.15) is 11.6 Å². The highest BCUT2D eigenvalue weighted by Crippen LogP contribution is 2.23. The summed E-state index contributed by atoms with van der Waals surface area (Å²) in [5.74, 6) is 2.04. The molecule has 2 aromatic rings. The Morgan fingerprint density at radius 3 is 2.72 bits per heavy atom. The van der Waals surface area contributed by atoms with Crippen molar-refractivity contribution in [2.75, 3.05) is 31.6 Å². The number of aliphatic imine (C=N–C) groups is 1. The first-order valence-corrected chi connectivity index (χ1v) is 10.8. The molecule has 0 aliphatic carbocycles. The van der Waals surface area contributed by atoms with Crippen LogP contribution >= 0.6 is 24.0 Å². The summed E-state index contributed by atoms with van der Waals surface area (Å²) < 4.78 is 31.3. The molecule has 1 aliphatic rings. The molecule has 1 atom stereocenters. The predicted molar refractivity (Wildman–Crippen MR) is 134 cm³/mol. The molecule has 2 heterocycles. The van der Waals surface area contributed by atoms with Crippen LogP contribution in [0, 0.1) is 6.92 Å². The first kappa shape index (κ1) is 26.1. The maximum absolute atomic E-state index is 12.3. The van der Waals surface area contributed by atoms with E-state index in [1.54, 1.807) is 19.2 Å². The van der Waals surface area contributed by atoms with Gasteiger partial charge in [-0.3, -0.25) is 4.99 Å². The summed E-state index contributed by atoms with van der Waals surface area (Å²) in [4.78, 5) is 10.9. The van der Waals surface area contributed by atoms with Crippen molar-refractivity contribution in [3.63, 3.8) is 0 Å². The molecule has 1 aromatic heterocycles. The highest BCUT2D eigenvalue weighted by Gasteiger charge is 2.21. The summed E-state index contributed by atoms with van der Waals surface area (Å²) in [5.41, 5.74) is 1.01. The van der Waals surface area contributed by atoms with Gasteiger partial charge in [0.15, 0.2) is 5.96 Å². The fourth-order valence-electron chi connectivity index (χ4n) is 3.81. The van der Waals surface area contributed by atoms with Gasteiger partial charge < -0.3 is 24.8 Å². The zero-order valence-electron chi connectivity index (χ0n) is 18.6. The summed E-state index contributed by atoms with van der Waals surface area (Å²) in [5, 5.41) is 6.91. The van der Waals surface area contributed by atoms with Crippen LogP contribution in [0.2, 0.25) is 0 Å². The van der Waals surface area contributed by atoms with Crippen LogP contribution in [0.15, 0.2) is 41.7 Å². The third-order valence-electron chi connectivity index (χ3n) is 5.45. The number of aromatic nitrogens is 2. The fourth-order valence-corrected chi connectivity index (χ4v) is 3.81. The molecule has 7 nitrogen and oxygen atoms in total. The van der Waals surface area contributed by atoms with Gasteiger partial charge in [-0.1, -0.05) is 0 Å². The third kappa shape index (κ3) is 8.10. The summed E-state index contributed by atoms with van der Waals surface area (Å²) >= 11 is 0. The van der Waals surface area contributed by atoms with E-state index in [2.05, 4.69) is 34.8 Å². The minimum absolute atomic E-state index is 0. The Balaban J connectivity index is 0.00000363. The number of alkyl halides is 2. The SMILES string of the molecule is CN=C(NCCCCn1ccnc1C)NC1CCCN(c2ccc(OC(F)F)cc2)C1.I. The number of hydrogen-bond acceptors (Lipinski definition) is 4. The highest BCUT2D eigenvalue weighted by atomic mass is 127. The molecule has 0 amide bonds. The van der Waals surface area contributed by atoms with Crippen LogP contribution in [0.3, 0.4) is 0 Å². The van der Waals surface area contributed by atoms with Gasteiger partial charge in [0, 0.05) is 57.3 Å². The second-order valence-corrected chi connectivity index (χ2v) is 7.68. The summed E-state index contributed by atoms with van der Waals surface area (Å²) in [6, 6.07) is 7.10. The summed E-state index contributed by atoms with van der Waals surface area (Å²) in [6.07, 6.45) is 8.07. The van der Waals surface area contributed by atoms with Crippen LogP contribution in [0.1, 0.15) is 31.5 Å². The number of nitrogens with one attached hydrogen (secondary N) is 2. The monoisotopic (exact) mass is 562 g/mol. The number of piperidine rings is 1. The molecule has 1 unspecified atom stereocenters. The molecule has 1 saturated heterocycles. The Hall–Kier alpha value is -2.11. The number of guanidine groups is 1. The van der Waals surface area contributed by atoms with Gasteiger partial charge in [-0.15, -0.1) is 24.0 Å². The molecule has 32 heavy (non-hydrogen) atoms. The first-order chi connectivity index (χ1) is 15.0. The number of hydrogen-bond donors (Lipinski definition) is 2. The van der Waals surface area contributed by atoms with Gasteiger partial charge in [0.2, 0.25) is 0 Å². The zero-order valence-corrected chi connectivity index (χ0v) is 21.0. The molecule has 1 aliphatic heterocycles. The largest absolute Gasteiger partial charge is 0.435 e. The standard InChI is InChI=1S/C22H32F2N6O.HI/c1-17-26-12-15-29(17)13-4-3-11-27-22(25-2)28-18-6-5-14-30(16-18)19-7-9-20(10-8-19)31-21(23)24;/h7-10,12,15,18,21H,3-6,11,13-14,16H2,1-2H3,(H2,25,27,28);1H. The predicted octanol–water partition coefficient (Wildman–Crippen LogP) is 4.03. The van der Waals surface area contributed by atoms with Gasteiger partial charge in [-0.25, -0.2) is 4.98 Å². The first-order valence-electron chi connectivity index (χ1n) is 10.8. The van der Waals surface area contributed by atoms with Crippen LogP contribution < -0.4 is 20.3 Å². The molecule has 1 aromatic carbocycles. The Morgan fingerprint density at radius 2 is 2.06 bits per heavy atom. The number of aryl methyl sites for hydroxylation is 2. The van der Waals surface area contributed by atoms with Crippen LogP contribution in [0.5, 0.6) is 5.75 Å². The van der Waals surface area contributed by atoms with E-state index in [1.165, 1.54) is 0 Å². The van der Waals surface area contributed by atoms with Gasteiger partial charge in [0.25, 0.3) is 0 Å². The van der Waals surface area contributed by atoms with E-state index >= 15 is 0 Å². The van der Waals surface area contributed by atoms with Gasteiger partial charge in [-0.05, 0) is 56.9 Å². The van der Waals surface area contributed by atoms with Crippen LogP contribution in [-0.4, -0.2) is 54.8 Å². The average Bonchev–Trinajstić information content (AvgIpc) is 3.17. The van der Waals surface area contributed by atoms with Crippen molar-refractivity contribution in [1.29, 1.82) is 0 Å². The van der Waals surface area contributed by atoms with Crippen molar-refractivity contribution in [1.82, 2.24) is 20.2 Å². The lowest BCUT2D eigenvalue weighted by atomic mass is 10.0. The lowest BCUT2D eigenvalue weighted by Crippen LogP contribution is -2.51. The minimum atomic E-state index is -2.80. The summed E-state index contributed by atoms with van der Waals surface area (Å²) in [6.45, 7) is 2.81. The number of unbranched alkanes of at least 4 members (excludes halogenated alkanes) is 1. The molecule has 0 spiro atoms. The van der Waals surface area contributed by atoms with Crippen LogP contribution in [0.4, 0.5) is 14.5 Å². The Kier molecular flexibility index (Phi) is 11.0. The molecule has 3 rings (SSSR count). The molecule has 2 N–H and O–H groups in total. The minimum Gasteiger partial charge on any atom is -0.435 e. The number of nitrogens with zero attached hydrogens (tertiary/aromatic N) is 4. The summed E-state index contributed by atoms with van der Waals surface area (Å²) in [7, 11) is 1.78. The number of rotatable bonds is 9. The number of benzene rings is 1. The Bertz CT molecular complexity index is 830. The van der Waals surface area contributed by atoms with Crippen molar-refractivity contribution >= 4 is 35.6 Å². The Morgan fingerprint density at radius 1 is 1.28 bits per heavy atom. The van der Waals surface area contributed by atoms with E-state index in [0.717, 1.165) is 69.3 Å². The molecule has 0 radical (unpaired) electrons. The molecule has 0 bridgehead atoms. The zero-order chi connectivity index (χ0) is 22.1. The topological polar surface area (TPSA) is 66.7 Å². The normalized spacial score (nSPS) is 16.6. The molecule has 10 heteroatoms.